The molecule has 0 aliphatic rings. The second kappa shape index (κ2) is 11.0. The second-order valence-corrected chi connectivity index (χ2v) is 10.5. The second-order valence-electron chi connectivity index (χ2n) is 10.5. The lowest BCUT2D eigenvalue weighted by Crippen LogP contribution is -2.59. The number of nitrogens with zero attached hydrogens (tertiary/aromatic N) is 1. The molecule has 0 aromatic heterocycles. The van der Waals surface area contributed by atoms with Crippen molar-refractivity contribution in [2.75, 3.05) is 14.2 Å². The van der Waals surface area contributed by atoms with Crippen LogP contribution >= 0.6 is 0 Å². The van der Waals surface area contributed by atoms with Crippen LogP contribution in [0.2, 0.25) is 0 Å². The molecule has 0 bridgehead atoms. The molecular formula is C26H42N2O4. The van der Waals surface area contributed by atoms with E-state index < -0.39 is 28.9 Å². The molecule has 1 unspecified atom stereocenters. The van der Waals surface area contributed by atoms with Crippen molar-refractivity contribution in [1.29, 1.82) is 0 Å². The fraction of sp³-hybridized carbons (Fsp3) is 0.654. The van der Waals surface area contributed by atoms with Crippen molar-refractivity contribution in [2.45, 2.75) is 79.3 Å². The number of amides is 2. The Morgan fingerprint density at radius 2 is 1.56 bits per heavy atom. The molecule has 0 radical (unpaired) electrons. The van der Waals surface area contributed by atoms with E-state index in [2.05, 4.69) is 19.2 Å². The molecule has 1 N–H and O–H groups in total. The lowest BCUT2D eigenvalue weighted by molar-refractivity contribution is -0.155. The summed E-state index contributed by atoms with van der Waals surface area (Å²) in [7, 11) is 2.91. The number of hydrogen-bond donors (Lipinski definition) is 1. The first kappa shape index (κ1) is 27.7. The van der Waals surface area contributed by atoms with E-state index in [4.69, 9.17) is 4.74 Å². The van der Waals surface area contributed by atoms with Gasteiger partial charge in [-0.1, -0.05) is 85.7 Å². The van der Waals surface area contributed by atoms with E-state index in [1.165, 1.54) is 12.0 Å². The van der Waals surface area contributed by atoms with Crippen molar-refractivity contribution < 1.29 is 19.1 Å². The van der Waals surface area contributed by atoms with Crippen molar-refractivity contribution in [1.82, 2.24) is 10.2 Å². The van der Waals surface area contributed by atoms with E-state index in [0.717, 1.165) is 5.56 Å². The van der Waals surface area contributed by atoms with Gasteiger partial charge < -0.3 is 15.0 Å². The van der Waals surface area contributed by atoms with E-state index in [9.17, 15) is 14.4 Å². The van der Waals surface area contributed by atoms with E-state index in [-0.39, 0.29) is 23.7 Å². The highest BCUT2D eigenvalue weighted by Gasteiger charge is 2.42. The van der Waals surface area contributed by atoms with Crippen LogP contribution in [-0.4, -0.2) is 48.9 Å². The van der Waals surface area contributed by atoms with Crippen LogP contribution in [0.4, 0.5) is 0 Å². The topological polar surface area (TPSA) is 75.7 Å². The summed E-state index contributed by atoms with van der Waals surface area (Å²) in [6.45, 7) is 15.6. The third-order valence-corrected chi connectivity index (χ3v) is 6.35. The van der Waals surface area contributed by atoms with Gasteiger partial charge in [0.15, 0.2) is 0 Å². The van der Waals surface area contributed by atoms with E-state index in [1.807, 2.05) is 71.9 Å². The maximum Gasteiger partial charge on any atom is 0.328 e. The largest absolute Gasteiger partial charge is 0.467 e. The molecule has 0 aliphatic carbocycles. The first-order valence-corrected chi connectivity index (χ1v) is 11.4. The lowest BCUT2D eigenvalue weighted by atomic mass is 9.71. The minimum Gasteiger partial charge on any atom is -0.467 e. The number of benzene rings is 1. The lowest BCUT2D eigenvalue weighted by Gasteiger charge is -2.39. The Labute approximate surface area is 194 Å². The molecule has 180 valence electrons. The van der Waals surface area contributed by atoms with Gasteiger partial charge in [-0.05, 0) is 23.3 Å². The Bertz CT molecular complexity index is 781. The van der Waals surface area contributed by atoms with Crippen molar-refractivity contribution in [2.24, 2.45) is 17.3 Å². The van der Waals surface area contributed by atoms with E-state index in [1.54, 1.807) is 7.05 Å². The molecule has 1 aromatic carbocycles. The number of carbonyl (C=O) groups excluding carboxylic acids is 3. The minimum atomic E-state index is -0.786. The van der Waals surface area contributed by atoms with Crippen molar-refractivity contribution in [3.05, 3.63) is 35.9 Å². The third-order valence-electron chi connectivity index (χ3n) is 6.35. The Kier molecular flexibility index (Phi) is 9.49. The fourth-order valence-corrected chi connectivity index (χ4v) is 4.32. The molecule has 0 saturated heterocycles. The van der Waals surface area contributed by atoms with Gasteiger partial charge in [-0.3, -0.25) is 9.59 Å². The van der Waals surface area contributed by atoms with Crippen LogP contribution in [0.5, 0.6) is 0 Å². The van der Waals surface area contributed by atoms with Crippen LogP contribution in [0, 0.1) is 17.3 Å². The van der Waals surface area contributed by atoms with Gasteiger partial charge in [0, 0.05) is 18.4 Å². The van der Waals surface area contributed by atoms with Crippen LogP contribution in [0.25, 0.3) is 0 Å². The van der Waals surface area contributed by atoms with Gasteiger partial charge >= 0.3 is 5.97 Å². The predicted octanol–water partition coefficient (Wildman–Crippen LogP) is 4.18. The normalized spacial score (nSPS) is 15.0. The first-order chi connectivity index (χ1) is 14.7. The molecular weight excluding hydrogens is 404 g/mol. The summed E-state index contributed by atoms with van der Waals surface area (Å²) in [6, 6.07) is 8.44. The van der Waals surface area contributed by atoms with Crippen LogP contribution in [-0.2, 0) is 24.5 Å². The quantitative estimate of drug-likeness (QED) is 0.578. The summed E-state index contributed by atoms with van der Waals surface area (Å²) >= 11 is 0. The molecule has 1 rings (SSSR count). The predicted molar refractivity (Wildman–Crippen MR) is 128 cm³/mol. The third kappa shape index (κ3) is 6.33. The summed E-state index contributed by atoms with van der Waals surface area (Å²) < 4.78 is 4.92. The summed E-state index contributed by atoms with van der Waals surface area (Å²) in [5.41, 5.74) is 0.112. The van der Waals surface area contributed by atoms with E-state index >= 15 is 0 Å². The smallest absolute Gasteiger partial charge is 0.328 e. The summed E-state index contributed by atoms with van der Waals surface area (Å²) in [4.78, 5) is 40.8. The van der Waals surface area contributed by atoms with E-state index in [0.29, 0.717) is 6.42 Å². The minimum absolute atomic E-state index is 0.131. The average molecular weight is 447 g/mol. The van der Waals surface area contributed by atoms with Gasteiger partial charge in [0.05, 0.1) is 7.11 Å². The highest BCUT2D eigenvalue weighted by Crippen LogP contribution is 2.34. The number of esters is 1. The molecule has 3 atom stereocenters. The zero-order chi connectivity index (χ0) is 24.9. The van der Waals surface area contributed by atoms with Gasteiger partial charge in [-0.25, -0.2) is 4.79 Å². The number of nitrogens with one attached hydrogen (secondary N) is 1. The number of carbonyl (C=O) groups is 3. The number of hydrogen-bond acceptors (Lipinski definition) is 4. The van der Waals surface area contributed by atoms with Crippen LogP contribution in [0.15, 0.2) is 30.3 Å². The van der Waals surface area contributed by atoms with Crippen molar-refractivity contribution in [3.8, 4) is 0 Å². The highest BCUT2D eigenvalue weighted by atomic mass is 16.5. The van der Waals surface area contributed by atoms with Gasteiger partial charge in [0.1, 0.15) is 12.1 Å². The molecule has 0 fully saturated rings. The Morgan fingerprint density at radius 3 is 1.97 bits per heavy atom. The zero-order valence-electron chi connectivity index (χ0n) is 21.5. The SMILES string of the molecule is CCC(C(=O)N[C@H](C(=O)N(C)[C@H](C(=O)OC)C(C)C)C(C)(C)C)C(C)(C)c1ccccc1. The fourth-order valence-electron chi connectivity index (χ4n) is 4.32. The molecule has 1 aromatic rings. The van der Waals surface area contributed by atoms with Crippen LogP contribution < -0.4 is 5.32 Å². The summed E-state index contributed by atoms with van der Waals surface area (Å²) in [6.07, 6.45) is 0.630. The molecule has 32 heavy (non-hydrogen) atoms. The van der Waals surface area contributed by atoms with Crippen molar-refractivity contribution >= 4 is 17.8 Å². The van der Waals surface area contributed by atoms with Crippen molar-refractivity contribution in [3.63, 3.8) is 0 Å². The monoisotopic (exact) mass is 446 g/mol. The summed E-state index contributed by atoms with van der Waals surface area (Å²) in [5.74, 6) is -1.39. The standard InChI is InChI=1S/C26H42N2O4/c1-11-19(26(7,8)18-15-13-12-14-16-18)22(29)27-21(25(4,5)6)23(30)28(9)20(17(2)3)24(31)32-10/h12-17,19-21H,11H2,1-10H3,(H,27,29)/t19?,20-,21+/m0/s1. The highest BCUT2D eigenvalue weighted by molar-refractivity contribution is 5.92. The van der Waals surface area contributed by atoms with Gasteiger partial charge in [-0.2, -0.15) is 0 Å². The average Bonchev–Trinajstić information content (AvgIpc) is 2.71. The molecule has 0 saturated carbocycles. The number of rotatable bonds is 9. The Hall–Kier alpha value is -2.37. The maximum absolute atomic E-state index is 13.5. The van der Waals surface area contributed by atoms with Crippen LogP contribution in [0.3, 0.4) is 0 Å². The van der Waals surface area contributed by atoms with Gasteiger partial charge in [0.25, 0.3) is 0 Å². The molecule has 0 aliphatic heterocycles. The van der Waals surface area contributed by atoms with Gasteiger partial charge in [-0.15, -0.1) is 0 Å². The molecule has 2 amide bonds. The van der Waals surface area contributed by atoms with Crippen LogP contribution in [0.1, 0.15) is 67.4 Å². The van der Waals surface area contributed by atoms with Gasteiger partial charge in [0.2, 0.25) is 11.8 Å². The molecule has 0 heterocycles. The number of ether oxygens (including phenoxy) is 1. The molecule has 0 spiro atoms. The number of methoxy groups -OCH3 is 1. The zero-order valence-corrected chi connectivity index (χ0v) is 21.5. The molecule has 6 heteroatoms. The maximum atomic E-state index is 13.5. The molecule has 6 nitrogen and oxygen atoms in total. The summed E-state index contributed by atoms with van der Waals surface area (Å²) in [5, 5.41) is 3.03. The number of likely N-dealkylation sites (N-methyl/N-ethyl adjacent to an activating group) is 1. The first-order valence-electron chi connectivity index (χ1n) is 11.4. The Morgan fingerprint density at radius 1 is 1.03 bits per heavy atom. The Balaban J connectivity index is 3.24.